The molecule has 1 fully saturated rings. The maximum absolute atomic E-state index is 12.4. The highest BCUT2D eigenvalue weighted by atomic mass is 16.5. The van der Waals surface area contributed by atoms with Crippen molar-refractivity contribution >= 4 is 16.8 Å². The Morgan fingerprint density at radius 2 is 2.16 bits per heavy atom. The molecule has 5 nitrogen and oxygen atoms in total. The van der Waals surface area contributed by atoms with Crippen LogP contribution < -0.4 is 4.74 Å². The standard InChI is InChI=1S/C14H16N2O3/c1-18-12-4-2-3-10-9-11(15-13(10)12)14(17)16-5-7-19-8-6-16/h2-4,9,15H,5-8H2,1H3. The first-order chi connectivity index (χ1) is 9.29. The first kappa shape index (κ1) is 12.0. The fourth-order valence-corrected chi connectivity index (χ4v) is 2.35. The Kier molecular flexibility index (Phi) is 3.13. The van der Waals surface area contributed by atoms with Crippen molar-refractivity contribution in [2.24, 2.45) is 0 Å². The summed E-state index contributed by atoms with van der Waals surface area (Å²) in [4.78, 5) is 17.3. The predicted octanol–water partition coefficient (Wildman–Crippen LogP) is 1.65. The summed E-state index contributed by atoms with van der Waals surface area (Å²) in [6.45, 7) is 2.50. The maximum Gasteiger partial charge on any atom is 0.270 e. The number of aromatic amines is 1. The van der Waals surface area contributed by atoms with Gasteiger partial charge in [-0.3, -0.25) is 4.79 Å². The Morgan fingerprint density at radius 3 is 2.89 bits per heavy atom. The number of H-pyrrole nitrogens is 1. The quantitative estimate of drug-likeness (QED) is 0.893. The van der Waals surface area contributed by atoms with E-state index >= 15 is 0 Å². The number of morpholine rings is 1. The number of nitrogens with one attached hydrogen (secondary N) is 1. The summed E-state index contributed by atoms with van der Waals surface area (Å²) >= 11 is 0. The van der Waals surface area contributed by atoms with Gasteiger partial charge in [0.05, 0.1) is 25.8 Å². The number of fused-ring (bicyclic) bond motifs is 1. The second kappa shape index (κ2) is 4.93. The van der Waals surface area contributed by atoms with E-state index in [0.29, 0.717) is 32.0 Å². The van der Waals surface area contributed by atoms with Gasteiger partial charge in [-0.25, -0.2) is 0 Å². The van der Waals surface area contributed by atoms with Crippen LogP contribution in [-0.4, -0.2) is 49.2 Å². The first-order valence-corrected chi connectivity index (χ1v) is 6.32. The molecular weight excluding hydrogens is 244 g/mol. The minimum absolute atomic E-state index is 0.0153. The van der Waals surface area contributed by atoms with Gasteiger partial charge in [-0.05, 0) is 12.1 Å². The number of para-hydroxylation sites is 1. The number of benzene rings is 1. The molecule has 1 saturated heterocycles. The van der Waals surface area contributed by atoms with Gasteiger partial charge in [0.15, 0.2) is 0 Å². The van der Waals surface area contributed by atoms with Gasteiger partial charge in [-0.1, -0.05) is 12.1 Å². The van der Waals surface area contributed by atoms with Crippen molar-refractivity contribution in [2.75, 3.05) is 33.4 Å². The van der Waals surface area contributed by atoms with Crippen LogP contribution in [0.25, 0.3) is 10.9 Å². The molecule has 1 aliphatic heterocycles. The van der Waals surface area contributed by atoms with Crippen molar-refractivity contribution in [3.8, 4) is 5.75 Å². The highest BCUT2D eigenvalue weighted by Gasteiger charge is 2.20. The maximum atomic E-state index is 12.4. The van der Waals surface area contributed by atoms with Crippen molar-refractivity contribution in [3.63, 3.8) is 0 Å². The Morgan fingerprint density at radius 1 is 1.37 bits per heavy atom. The van der Waals surface area contributed by atoms with E-state index in [-0.39, 0.29) is 5.91 Å². The third-order valence-electron chi connectivity index (χ3n) is 3.37. The molecule has 0 unspecified atom stereocenters. The lowest BCUT2D eigenvalue weighted by Crippen LogP contribution is -2.40. The highest BCUT2D eigenvalue weighted by molar-refractivity contribution is 5.99. The summed E-state index contributed by atoms with van der Waals surface area (Å²) in [5, 5.41) is 0.982. The lowest BCUT2D eigenvalue weighted by atomic mass is 10.2. The summed E-state index contributed by atoms with van der Waals surface area (Å²) in [6, 6.07) is 7.62. The van der Waals surface area contributed by atoms with Crippen LogP contribution in [0.15, 0.2) is 24.3 Å². The van der Waals surface area contributed by atoms with Crippen LogP contribution >= 0.6 is 0 Å². The normalized spacial score (nSPS) is 15.7. The van der Waals surface area contributed by atoms with Gasteiger partial charge < -0.3 is 19.4 Å². The molecule has 1 amide bonds. The molecule has 2 heterocycles. The number of nitrogens with zero attached hydrogens (tertiary/aromatic N) is 1. The molecule has 5 heteroatoms. The van der Waals surface area contributed by atoms with E-state index in [1.54, 1.807) is 12.0 Å². The van der Waals surface area contributed by atoms with Crippen LogP contribution in [0.1, 0.15) is 10.5 Å². The van der Waals surface area contributed by atoms with Gasteiger partial charge in [0.25, 0.3) is 5.91 Å². The van der Waals surface area contributed by atoms with E-state index < -0.39 is 0 Å². The molecule has 1 aromatic heterocycles. The van der Waals surface area contributed by atoms with E-state index in [0.717, 1.165) is 16.7 Å². The molecule has 0 spiro atoms. The summed E-state index contributed by atoms with van der Waals surface area (Å²) in [7, 11) is 1.62. The molecule has 0 saturated carbocycles. The SMILES string of the molecule is COc1cccc2cc(C(=O)N3CCOCC3)[nH]c12. The topological polar surface area (TPSA) is 54.6 Å². The van der Waals surface area contributed by atoms with E-state index in [9.17, 15) is 4.79 Å². The van der Waals surface area contributed by atoms with E-state index in [4.69, 9.17) is 9.47 Å². The van der Waals surface area contributed by atoms with Gasteiger partial charge in [-0.15, -0.1) is 0 Å². The van der Waals surface area contributed by atoms with Crippen LogP contribution in [-0.2, 0) is 4.74 Å². The van der Waals surface area contributed by atoms with Crippen LogP contribution in [0.4, 0.5) is 0 Å². The second-order valence-corrected chi connectivity index (χ2v) is 4.51. The second-order valence-electron chi connectivity index (χ2n) is 4.51. The number of methoxy groups -OCH3 is 1. The van der Waals surface area contributed by atoms with Gasteiger partial charge in [0, 0.05) is 18.5 Å². The highest BCUT2D eigenvalue weighted by Crippen LogP contribution is 2.25. The Labute approximate surface area is 111 Å². The number of hydrogen-bond acceptors (Lipinski definition) is 3. The van der Waals surface area contributed by atoms with Gasteiger partial charge in [0.1, 0.15) is 11.4 Å². The summed E-state index contributed by atoms with van der Waals surface area (Å²) in [6.07, 6.45) is 0. The monoisotopic (exact) mass is 260 g/mol. The molecule has 0 radical (unpaired) electrons. The zero-order valence-corrected chi connectivity index (χ0v) is 10.8. The Bertz CT molecular complexity index is 600. The fourth-order valence-electron chi connectivity index (χ4n) is 2.35. The molecule has 19 heavy (non-hydrogen) atoms. The number of ether oxygens (including phenoxy) is 2. The van der Waals surface area contributed by atoms with E-state index in [1.165, 1.54) is 0 Å². The van der Waals surface area contributed by atoms with Crippen LogP contribution in [0, 0.1) is 0 Å². The number of rotatable bonds is 2. The summed E-state index contributed by atoms with van der Waals surface area (Å²) in [5.41, 5.74) is 1.46. The first-order valence-electron chi connectivity index (χ1n) is 6.32. The van der Waals surface area contributed by atoms with Crippen molar-refractivity contribution < 1.29 is 14.3 Å². The van der Waals surface area contributed by atoms with Crippen LogP contribution in [0.2, 0.25) is 0 Å². The molecule has 3 rings (SSSR count). The van der Waals surface area contributed by atoms with E-state index in [1.807, 2.05) is 24.3 Å². The fraction of sp³-hybridized carbons (Fsp3) is 0.357. The minimum Gasteiger partial charge on any atom is -0.495 e. The molecule has 1 aliphatic rings. The lowest BCUT2D eigenvalue weighted by molar-refractivity contribution is 0.0299. The lowest BCUT2D eigenvalue weighted by Gasteiger charge is -2.26. The van der Waals surface area contributed by atoms with E-state index in [2.05, 4.69) is 4.98 Å². The third-order valence-corrected chi connectivity index (χ3v) is 3.37. The number of carbonyl (C=O) groups excluding carboxylic acids is 1. The van der Waals surface area contributed by atoms with Crippen molar-refractivity contribution in [1.29, 1.82) is 0 Å². The van der Waals surface area contributed by atoms with Crippen LogP contribution in [0.3, 0.4) is 0 Å². The zero-order valence-electron chi connectivity index (χ0n) is 10.8. The molecular formula is C14H16N2O3. The molecule has 1 N–H and O–H groups in total. The number of aromatic nitrogens is 1. The third kappa shape index (κ3) is 2.17. The molecule has 1 aromatic carbocycles. The zero-order chi connectivity index (χ0) is 13.2. The van der Waals surface area contributed by atoms with Crippen molar-refractivity contribution in [1.82, 2.24) is 9.88 Å². The number of amides is 1. The van der Waals surface area contributed by atoms with Gasteiger partial charge >= 0.3 is 0 Å². The molecule has 0 atom stereocenters. The molecule has 2 aromatic rings. The Hall–Kier alpha value is -2.01. The smallest absolute Gasteiger partial charge is 0.270 e. The Balaban J connectivity index is 1.94. The largest absolute Gasteiger partial charge is 0.495 e. The summed E-state index contributed by atoms with van der Waals surface area (Å²) < 4.78 is 10.5. The van der Waals surface area contributed by atoms with Crippen molar-refractivity contribution in [2.45, 2.75) is 0 Å². The minimum atomic E-state index is 0.0153. The number of carbonyl (C=O) groups is 1. The molecule has 100 valence electrons. The van der Waals surface area contributed by atoms with Crippen molar-refractivity contribution in [3.05, 3.63) is 30.0 Å². The summed E-state index contributed by atoms with van der Waals surface area (Å²) in [5.74, 6) is 0.764. The molecule has 0 aliphatic carbocycles. The predicted molar refractivity (Wildman–Crippen MR) is 71.6 cm³/mol. The molecule has 0 bridgehead atoms. The van der Waals surface area contributed by atoms with Gasteiger partial charge in [-0.2, -0.15) is 0 Å². The number of hydrogen-bond donors (Lipinski definition) is 1. The van der Waals surface area contributed by atoms with Crippen LogP contribution in [0.5, 0.6) is 5.75 Å². The average Bonchev–Trinajstić information content (AvgIpc) is 2.91. The van der Waals surface area contributed by atoms with Gasteiger partial charge in [0.2, 0.25) is 0 Å². The average molecular weight is 260 g/mol.